The number of nitrogen functional groups attached to an aromatic ring is 2. The molecule has 0 amide bonds. The quantitative estimate of drug-likeness (QED) is 0.737. The van der Waals surface area contributed by atoms with Crippen LogP contribution in [-0.4, -0.2) is 19.3 Å². The van der Waals surface area contributed by atoms with Crippen LogP contribution in [0.5, 0.6) is 5.75 Å². The molecule has 0 aliphatic carbocycles. The van der Waals surface area contributed by atoms with Gasteiger partial charge < -0.3 is 20.9 Å². The van der Waals surface area contributed by atoms with Crippen molar-refractivity contribution in [3.63, 3.8) is 0 Å². The summed E-state index contributed by atoms with van der Waals surface area (Å²) in [6.07, 6.45) is 2.39. The Morgan fingerprint density at radius 2 is 2.27 bits per heavy atom. The first-order valence-electron chi connectivity index (χ1n) is 5.15. The summed E-state index contributed by atoms with van der Waals surface area (Å²) in [6, 6.07) is 5.27. The first-order chi connectivity index (χ1) is 7.25. The Labute approximate surface area is 89.2 Å². The summed E-state index contributed by atoms with van der Waals surface area (Å²) in [7, 11) is 0. The zero-order valence-corrected chi connectivity index (χ0v) is 8.61. The van der Waals surface area contributed by atoms with E-state index in [1.807, 2.05) is 0 Å². The number of nitrogens with two attached hydrogens (primary N) is 2. The van der Waals surface area contributed by atoms with Crippen LogP contribution < -0.4 is 16.2 Å². The van der Waals surface area contributed by atoms with Gasteiger partial charge in [0.2, 0.25) is 0 Å². The van der Waals surface area contributed by atoms with E-state index in [1.54, 1.807) is 18.2 Å². The van der Waals surface area contributed by atoms with Gasteiger partial charge in [-0.25, -0.2) is 0 Å². The van der Waals surface area contributed by atoms with Crippen molar-refractivity contribution in [2.45, 2.75) is 18.9 Å². The lowest BCUT2D eigenvalue weighted by Crippen LogP contribution is -2.16. The largest absolute Gasteiger partial charge is 0.489 e. The highest BCUT2D eigenvalue weighted by molar-refractivity contribution is 5.60. The van der Waals surface area contributed by atoms with Gasteiger partial charge in [0.05, 0.1) is 11.8 Å². The monoisotopic (exact) mass is 208 g/mol. The molecule has 4 nitrogen and oxygen atoms in total. The molecule has 1 aliphatic rings. The summed E-state index contributed by atoms with van der Waals surface area (Å²) >= 11 is 0. The van der Waals surface area contributed by atoms with E-state index in [9.17, 15) is 0 Å². The Balaban J connectivity index is 1.92. The molecule has 1 fully saturated rings. The highest BCUT2D eigenvalue weighted by Crippen LogP contribution is 2.24. The third kappa shape index (κ3) is 2.53. The summed E-state index contributed by atoms with van der Waals surface area (Å²) in [5, 5.41) is 0. The second-order valence-electron chi connectivity index (χ2n) is 3.74. The fraction of sp³-hybridized carbons (Fsp3) is 0.455. The summed E-state index contributed by atoms with van der Waals surface area (Å²) in [6.45, 7) is 1.40. The number of hydrogen-bond acceptors (Lipinski definition) is 4. The lowest BCUT2D eigenvalue weighted by molar-refractivity contribution is 0.0682. The molecule has 0 saturated carbocycles. The Bertz CT molecular complexity index is 335. The number of rotatable bonds is 3. The van der Waals surface area contributed by atoms with Crippen molar-refractivity contribution in [3.05, 3.63) is 18.2 Å². The second kappa shape index (κ2) is 4.40. The van der Waals surface area contributed by atoms with Gasteiger partial charge in [0.25, 0.3) is 0 Å². The van der Waals surface area contributed by atoms with Crippen LogP contribution in [0, 0.1) is 0 Å². The third-order valence-corrected chi connectivity index (χ3v) is 2.48. The molecule has 0 bridgehead atoms. The van der Waals surface area contributed by atoms with Crippen LogP contribution in [0.15, 0.2) is 18.2 Å². The average molecular weight is 208 g/mol. The van der Waals surface area contributed by atoms with E-state index in [2.05, 4.69) is 0 Å². The fourth-order valence-corrected chi connectivity index (χ4v) is 1.66. The summed E-state index contributed by atoms with van der Waals surface area (Å²) in [4.78, 5) is 0. The standard InChI is InChI=1S/C11H16N2O2/c12-8-3-4-11(10(13)6-8)15-7-9-2-1-5-14-9/h3-4,6,9H,1-2,5,7,12-13H2. The molecule has 82 valence electrons. The van der Waals surface area contributed by atoms with Crippen molar-refractivity contribution in [2.75, 3.05) is 24.7 Å². The van der Waals surface area contributed by atoms with Gasteiger partial charge >= 0.3 is 0 Å². The third-order valence-electron chi connectivity index (χ3n) is 2.48. The smallest absolute Gasteiger partial charge is 0.142 e. The first kappa shape index (κ1) is 10.1. The molecule has 1 heterocycles. The normalized spacial score (nSPS) is 20.4. The van der Waals surface area contributed by atoms with Gasteiger partial charge in [-0.05, 0) is 31.0 Å². The predicted octanol–water partition coefficient (Wildman–Crippen LogP) is 1.41. The van der Waals surface area contributed by atoms with E-state index >= 15 is 0 Å². The molecule has 2 rings (SSSR count). The maximum Gasteiger partial charge on any atom is 0.142 e. The fourth-order valence-electron chi connectivity index (χ4n) is 1.66. The van der Waals surface area contributed by atoms with Gasteiger partial charge in [-0.15, -0.1) is 0 Å². The maximum atomic E-state index is 5.76. The predicted molar refractivity (Wildman–Crippen MR) is 59.7 cm³/mol. The minimum atomic E-state index is 0.210. The lowest BCUT2D eigenvalue weighted by Gasteiger charge is -2.13. The molecule has 1 aliphatic heterocycles. The molecule has 4 heteroatoms. The average Bonchev–Trinajstić information content (AvgIpc) is 2.69. The van der Waals surface area contributed by atoms with Gasteiger partial charge in [0.1, 0.15) is 12.4 Å². The Hall–Kier alpha value is -1.42. The van der Waals surface area contributed by atoms with E-state index < -0.39 is 0 Å². The Kier molecular flexibility index (Phi) is 2.97. The SMILES string of the molecule is Nc1ccc(OCC2CCCO2)c(N)c1. The molecular formula is C11H16N2O2. The number of benzene rings is 1. The van der Waals surface area contributed by atoms with Crippen molar-refractivity contribution in [2.24, 2.45) is 0 Å². The molecule has 1 saturated heterocycles. The van der Waals surface area contributed by atoms with Gasteiger partial charge in [-0.1, -0.05) is 0 Å². The number of ether oxygens (including phenoxy) is 2. The minimum Gasteiger partial charge on any atom is -0.489 e. The van der Waals surface area contributed by atoms with Crippen LogP contribution >= 0.6 is 0 Å². The highest BCUT2D eigenvalue weighted by Gasteiger charge is 2.16. The highest BCUT2D eigenvalue weighted by atomic mass is 16.5. The van der Waals surface area contributed by atoms with Crippen molar-refractivity contribution in [3.8, 4) is 5.75 Å². The zero-order chi connectivity index (χ0) is 10.7. The van der Waals surface area contributed by atoms with Crippen molar-refractivity contribution in [1.82, 2.24) is 0 Å². The molecule has 1 aromatic carbocycles. The topological polar surface area (TPSA) is 70.5 Å². The Morgan fingerprint density at radius 3 is 2.93 bits per heavy atom. The molecular weight excluding hydrogens is 192 g/mol. The first-order valence-corrected chi connectivity index (χ1v) is 5.15. The minimum absolute atomic E-state index is 0.210. The summed E-state index contributed by atoms with van der Waals surface area (Å²) < 4.78 is 11.0. The summed E-state index contributed by atoms with van der Waals surface area (Å²) in [5.74, 6) is 0.680. The molecule has 0 radical (unpaired) electrons. The molecule has 0 spiro atoms. The van der Waals surface area contributed by atoms with Crippen LogP contribution in [-0.2, 0) is 4.74 Å². The van der Waals surface area contributed by atoms with Gasteiger partial charge in [0, 0.05) is 12.3 Å². The zero-order valence-electron chi connectivity index (χ0n) is 8.61. The van der Waals surface area contributed by atoms with Gasteiger partial charge in [-0.3, -0.25) is 0 Å². The van der Waals surface area contributed by atoms with Gasteiger partial charge in [0.15, 0.2) is 0 Å². The molecule has 4 N–H and O–H groups in total. The second-order valence-corrected chi connectivity index (χ2v) is 3.74. The van der Waals surface area contributed by atoms with Crippen LogP contribution in [0.25, 0.3) is 0 Å². The van der Waals surface area contributed by atoms with E-state index in [-0.39, 0.29) is 6.10 Å². The van der Waals surface area contributed by atoms with Crippen LogP contribution in [0.1, 0.15) is 12.8 Å². The Morgan fingerprint density at radius 1 is 1.40 bits per heavy atom. The van der Waals surface area contributed by atoms with Crippen LogP contribution in [0.4, 0.5) is 11.4 Å². The maximum absolute atomic E-state index is 5.76. The number of anilines is 2. The molecule has 1 aromatic rings. The summed E-state index contributed by atoms with van der Waals surface area (Å²) in [5.41, 5.74) is 12.6. The molecule has 1 unspecified atom stereocenters. The molecule has 0 aromatic heterocycles. The van der Waals surface area contributed by atoms with Crippen LogP contribution in [0.3, 0.4) is 0 Å². The van der Waals surface area contributed by atoms with E-state index in [0.29, 0.717) is 23.7 Å². The van der Waals surface area contributed by atoms with Crippen molar-refractivity contribution in [1.29, 1.82) is 0 Å². The van der Waals surface area contributed by atoms with Crippen molar-refractivity contribution < 1.29 is 9.47 Å². The van der Waals surface area contributed by atoms with Gasteiger partial charge in [-0.2, -0.15) is 0 Å². The number of hydrogen-bond donors (Lipinski definition) is 2. The van der Waals surface area contributed by atoms with Crippen molar-refractivity contribution >= 4 is 11.4 Å². The van der Waals surface area contributed by atoms with E-state index in [4.69, 9.17) is 20.9 Å². The molecule has 15 heavy (non-hydrogen) atoms. The van der Waals surface area contributed by atoms with E-state index in [1.165, 1.54) is 0 Å². The van der Waals surface area contributed by atoms with E-state index in [0.717, 1.165) is 19.4 Å². The molecule has 1 atom stereocenters. The lowest BCUT2D eigenvalue weighted by atomic mass is 10.2. The van der Waals surface area contributed by atoms with Crippen LogP contribution in [0.2, 0.25) is 0 Å².